The average molecular weight is 904 g/mol. The highest BCUT2D eigenvalue weighted by atomic mass is 32.2. The standard InChI is InChI=1S/C43H33N7O12S2/c1-21-7-8-24(18-32(21)44)42(54)46-28-11-13-29-26(17-28)19-35(63(57,58)59)37(39(29)51)49-47-33-14-9-23(15-22(33)2)41(53)45-27-10-12-30-25(16-27)20-36(64(60,61)62)38(40(30)52)50-48-34-6-4-3-5-31(34)43(55)56/h3-20,51-52H,44H2,1-2H3,(H,45,53)(H,46,54)(H,55,56)(H,57,58,59)(H,60,61,62). The number of phenols is 2. The molecule has 0 aliphatic rings. The van der Waals surface area contributed by atoms with Crippen LogP contribution in [0.5, 0.6) is 11.5 Å². The lowest BCUT2D eigenvalue weighted by atomic mass is 10.1. The van der Waals surface area contributed by atoms with E-state index in [0.717, 1.165) is 17.7 Å². The van der Waals surface area contributed by atoms with E-state index in [9.17, 15) is 55.6 Å². The Labute approximate surface area is 362 Å². The molecule has 0 radical (unpaired) electrons. The Hall–Kier alpha value is -8.11. The quantitative estimate of drug-likeness (QED) is 0.0341. The fourth-order valence-electron chi connectivity index (χ4n) is 6.49. The summed E-state index contributed by atoms with van der Waals surface area (Å²) >= 11 is 0. The summed E-state index contributed by atoms with van der Waals surface area (Å²) < 4.78 is 69.9. The molecule has 64 heavy (non-hydrogen) atoms. The molecule has 7 aromatic carbocycles. The minimum Gasteiger partial charge on any atom is -0.505 e. The van der Waals surface area contributed by atoms with Crippen molar-refractivity contribution in [1.82, 2.24) is 0 Å². The van der Waals surface area contributed by atoms with Gasteiger partial charge in [0.25, 0.3) is 32.1 Å². The Morgan fingerprint density at radius 2 is 1.05 bits per heavy atom. The van der Waals surface area contributed by atoms with Crippen molar-refractivity contribution in [2.75, 3.05) is 16.4 Å². The van der Waals surface area contributed by atoms with Crippen LogP contribution in [0, 0.1) is 13.8 Å². The van der Waals surface area contributed by atoms with Gasteiger partial charge in [0.15, 0.2) is 11.5 Å². The third-order valence-electron chi connectivity index (χ3n) is 9.82. The smallest absolute Gasteiger partial charge is 0.337 e. The number of carbonyl (C=O) groups excluding carboxylic acids is 2. The number of rotatable bonds is 11. The minimum absolute atomic E-state index is 0.0458. The number of hydrogen-bond acceptors (Lipinski definition) is 14. The van der Waals surface area contributed by atoms with Crippen molar-refractivity contribution in [3.05, 3.63) is 137 Å². The molecule has 0 saturated carbocycles. The van der Waals surface area contributed by atoms with Crippen LogP contribution < -0.4 is 16.4 Å². The molecule has 0 bridgehead atoms. The fraction of sp³-hybridized carbons (Fsp3) is 0.0465. The maximum absolute atomic E-state index is 13.4. The number of hydrogen-bond donors (Lipinski definition) is 8. The lowest BCUT2D eigenvalue weighted by molar-refractivity contribution is 0.0697. The first-order chi connectivity index (χ1) is 30.2. The van der Waals surface area contributed by atoms with E-state index in [1.165, 1.54) is 84.9 Å². The van der Waals surface area contributed by atoms with Crippen LogP contribution in [-0.4, -0.2) is 59.0 Å². The van der Waals surface area contributed by atoms with E-state index in [1.54, 1.807) is 26.0 Å². The summed E-state index contributed by atoms with van der Waals surface area (Å²) in [7, 11) is -10.0. The Balaban J connectivity index is 1.13. The van der Waals surface area contributed by atoms with Crippen molar-refractivity contribution in [2.24, 2.45) is 20.5 Å². The van der Waals surface area contributed by atoms with Crippen LogP contribution in [0.2, 0.25) is 0 Å². The summed E-state index contributed by atoms with van der Waals surface area (Å²) in [6.07, 6.45) is 0. The van der Waals surface area contributed by atoms with E-state index in [4.69, 9.17) is 5.73 Å². The Bertz CT molecular complexity index is 3430. The molecule has 0 saturated heterocycles. The number of benzene rings is 7. The predicted octanol–water partition coefficient (Wildman–Crippen LogP) is 9.13. The number of aromatic carboxylic acids is 1. The number of phenolic OH excluding ortho intramolecular Hbond substituents is 2. The number of nitrogens with one attached hydrogen (secondary N) is 2. The van der Waals surface area contributed by atoms with Gasteiger partial charge in [0.05, 0.1) is 11.3 Å². The maximum atomic E-state index is 13.4. The number of fused-ring (bicyclic) bond motifs is 2. The first-order valence-corrected chi connectivity index (χ1v) is 21.4. The number of nitrogen functional groups attached to an aromatic ring is 1. The second-order valence-electron chi connectivity index (χ2n) is 14.2. The number of aromatic hydroxyl groups is 2. The number of nitrogens with zero attached hydrogens (tertiary/aromatic N) is 4. The van der Waals surface area contributed by atoms with E-state index in [1.807, 2.05) is 0 Å². The molecule has 9 N–H and O–H groups in total. The van der Waals surface area contributed by atoms with Crippen molar-refractivity contribution in [3.63, 3.8) is 0 Å². The molecule has 324 valence electrons. The molecular weight excluding hydrogens is 871 g/mol. The largest absolute Gasteiger partial charge is 0.505 e. The topological polar surface area (TPSA) is 320 Å². The van der Waals surface area contributed by atoms with Crippen LogP contribution in [0.3, 0.4) is 0 Å². The lowest BCUT2D eigenvalue weighted by Crippen LogP contribution is -2.12. The SMILES string of the molecule is Cc1ccc(C(=O)Nc2ccc3c(O)c(N=Nc4ccc(C(=O)Nc5ccc6c(O)c(N=Nc7ccccc7C(=O)O)c(S(=O)(=O)O)cc6c5)cc4C)c(S(=O)(=O)O)cc3c2)cc1N. The zero-order chi connectivity index (χ0) is 46.2. The molecule has 0 aliphatic heterocycles. The number of amides is 2. The van der Waals surface area contributed by atoms with Gasteiger partial charge in [-0.1, -0.05) is 18.2 Å². The van der Waals surface area contributed by atoms with E-state index in [2.05, 4.69) is 31.1 Å². The molecule has 19 nitrogen and oxygen atoms in total. The van der Waals surface area contributed by atoms with Crippen LogP contribution in [0.25, 0.3) is 21.5 Å². The molecule has 0 spiro atoms. The first-order valence-electron chi connectivity index (χ1n) is 18.5. The summed E-state index contributed by atoms with van der Waals surface area (Å²) in [4.78, 5) is 36.2. The van der Waals surface area contributed by atoms with E-state index in [-0.39, 0.29) is 61.0 Å². The average Bonchev–Trinajstić information content (AvgIpc) is 3.23. The van der Waals surface area contributed by atoms with Gasteiger partial charge in [-0.2, -0.15) is 21.9 Å². The van der Waals surface area contributed by atoms with E-state index in [0.29, 0.717) is 11.3 Å². The second-order valence-corrected chi connectivity index (χ2v) is 16.9. The van der Waals surface area contributed by atoms with Gasteiger partial charge < -0.3 is 31.7 Å². The van der Waals surface area contributed by atoms with Crippen LogP contribution >= 0.6 is 0 Å². The molecular formula is C43H33N7O12S2. The first kappa shape index (κ1) is 44.0. The van der Waals surface area contributed by atoms with E-state index < -0.39 is 70.7 Å². The molecule has 7 aromatic rings. The van der Waals surface area contributed by atoms with Crippen molar-refractivity contribution < 1.29 is 55.6 Å². The number of anilines is 3. The minimum atomic E-state index is -5.03. The molecule has 0 unspecified atom stereocenters. The van der Waals surface area contributed by atoms with Crippen LogP contribution in [0.1, 0.15) is 42.2 Å². The van der Waals surface area contributed by atoms with Gasteiger partial charge in [0.1, 0.15) is 26.9 Å². The van der Waals surface area contributed by atoms with Gasteiger partial charge in [0, 0.05) is 39.0 Å². The molecule has 0 atom stereocenters. The fourth-order valence-corrected chi connectivity index (χ4v) is 7.81. The molecule has 7 rings (SSSR count). The van der Waals surface area contributed by atoms with Crippen molar-refractivity contribution >= 4 is 99.4 Å². The Kier molecular flexibility index (Phi) is 11.7. The van der Waals surface area contributed by atoms with Crippen LogP contribution in [-0.2, 0) is 20.2 Å². The Morgan fingerprint density at radius 3 is 1.53 bits per heavy atom. The van der Waals surface area contributed by atoms with Gasteiger partial charge in [0.2, 0.25) is 0 Å². The number of carboxylic acids is 1. The number of carboxylic acid groups (broad SMARTS) is 1. The van der Waals surface area contributed by atoms with Gasteiger partial charge >= 0.3 is 5.97 Å². The maximum Gasteiger partial charge on any atom is 0.337 e. The summed E-state index contributed by atoms with van der Waals surface area (Å²) in [5.41, 5.74) is 6.76. The number of nitrogens with two attached hydrogens (primary N) is 1. The number of azo groups is 2. The highest BCUT2D eigenvalue weighted by Crippen LogP contribution is 2.44. The highest BCUT2D eigenvalue weighted by Gasteiger charge is 2.25. The summed E-state index contributed by atoms with van der Waals surface area (Å²) in [5, 5.41) is 53.0. The highest BCUT2D eigenvalue weighted by molar-refractivity contribution is 7.86. The van der Waals surface area contributed by atoms with Crippen molar-refractivity contribution in [2.45, 2.75) is 23.6 Å². The van der Waals surface area contributed by atoms with Crippen LogP contribution in [0.4, 0.5) is 39.8 Å². The van der Waals surface area contributed by atoms with E-state index >= 15 is 0 Å². The zero-order valence-corrected chi connectivity index (χ0v) is 34.8. The predicted molar refractivity (Wildman–Crippen MR) is 235 cm³/mol. The molecule has 21 heteroatoms. The summed E-state index contributed by atoms with van der Waals surface area (Å²) in [6.45, 7) is 3.36. The number of aryl methyl sites for hydroxylation is 2. The summed E-state index contributed by atoms with van der Waals surface area (Å²) in [5.74, 6) is -3.82. The lowest BCUT2D eigenvalue weighted by Gasteiger charge is -2.12. The third-order valence-corrected chi connectivity index (χ3v) is 11.6. The van der Waals surface area contributed by atoms with Gasteiger partial charge in [-0.25, -0.2) is 4.79 Å². The zero-order valence-electron chi connectivity index (χ0n) is 33.2. The molecule has 0 aliphatic carbocycles. The monoisotopic (exact) mass is 903 g/mol. The van der Waals surface area contributed by atoms with Crippen molar-refractivity contribution in [1.29, 1.82) is 0 Å². The third kappa shape index (κ3) is 9.07. The molecule has 0 fully saturated rings. The van der Waals surface area contributed by atoms with Crippen LogP contribution in [0.15, 0.2) is 139 Å². The molecule has 0 heterocycles. The van der Waals surface area contributed by atoms with Crippen molar-refractivity contribution in [3.8, 4) is 11.5 Å². The molecule has 2 amide bonds. The second kappa shape index (κ2) is 17.0. The molecule has 0 aromatic heterocycles. The van der Waals surface area contributed by atoms with Gasteiger partial charge in [-0.3, -0.25) is 18.7 Å². The normalized spacial score (nSPS) is 12.0. The van der Waals surface area contributed by atoms with Gasteiger partial charge in [-0.15, -0.1) is 15.3 Å². The Morgan fingerprint density at radius 1 is 0.562 bits per heavy atom. The number of carbonyl (C=O) groups is 3. The summed E-state index contributed by atoms with van der Waals surface area (Å²) in [6, 6.07) is 24.8. The van der Waals surface area contributed by atoms with Gasteiger partial charge in [-0.05, 0) is 127 Å².